The standard InChI is InChI=1S/C20H20N6O2/c21-16-2-1-14(19-20(27)25-6-5-24-19)11-15(16)18(22)13-3-4-23-17(12-13)26-7-9-28-10-8-26/h1-6,11-12,22H,7-10,21H2,(H,25,27). The number of morpholine rings is 1. The molecule has 2 aromatic heterocycles. The van der Waals surface area contributed by atoms with Crippen molar-refractivity contribution >= 4 is 17.2 Å². The number of ether oxygens (including phenoxy) is 1. The summed E-state index contributed by atoms with van der Waals surface area (Å²) in [5.41, 5.74) is 8.73. The Morgan fingerprint density at radius 1 is 1.14 bits per heavy atom. The second kappa shape index (κ2) is 7.61. The van der Waals surface area contributed by atoms with Gasteiger partial charge in [-0.25, -0.2) is 9.97 Å². The molecule has 0 spiro atoms. The van der Waals surface area contributed by atoms with Crippen molar-refractivity contribution in [3.05, 3.63) is 70.4 Å². The maximum atomic E-state index is 12.0. The Bertz CT molecular complexity index is 1070. The summed E-state index contributed by atoms with van der Waals surface area (Å²) in [6.45, 7) is 2.86. The Labute approximate surface area is 161 Å². The minimum absolute atomic E-state index is 0.267. The van der Waals surface area contributed by atoms with Crippen molar-refractivity contribution in [2.75, 3.05) is 36.9 Å². The molecule has 142 valence electrons. The lowest BCUT2D eigenvalue weighted by atomic mass is 9.98. The van der Waals surface area contributed by atoms with E-state index in [-0.39, 0.29) is 11.3 Å². The molecule has 1 aromatic carbocycles. The second-order valence-electron chi connectivity index (χ2n) is 6.45. The van der Waals surface area contributed by atoms with Gasteiger partial charge in [0.15, 0.2) is 0 Å². The number of pyridine rings is 1. The number of nitrogens with zero attached hydrogens (tertiary/aromatic N) is 3. The zero-order valence-corrected chi connectivity index (χ0v) is 15.2. The van der Waals surface area contributed by atoms with Crippen molar-refractivity contribution in [2.45, 2.75) is 0 Å². The fourth-order valence-corrected chi connectivity index (χ4v) is 3.17. The monoisotopic (exact) mass is 376 g/mol. The molecule has 3 aromatic rings. The molecule has 1 fully saturated rings. The predicted octanol–water partition coefficient (Wildman–Crippen LogP) is 1.67. The van der Waals surface area contributed by atoms with Crippen molar-refractivity contribution < 1.29 is 4.74 Å². The Balaban J connectivity index is 1.69. The summed E-state index contributed by atoms with van der Waals surface area (Å²) in [5.74, 6) is 0.807. The largest absolute Gasteiger partial charge is 0.398 e. The Morgan fingerprint density at radius 2 is 1.96 bits per heavy atom. The Morgan fingerprint density at radius 3 is 2.75 bits per heavy atom. The van der Waals surface area contributed by atoms with Crippen LogP contribution in [0.15, 0.2) is 53.7 Å². The summed E-state index contributed by atoms with van der Waals surface area (Å²) < 4.78 is 5.39. The molecule has 8 heteroatoms. The van der Waals surface area contributed by atoms with Gasteiger partial charge in [-0.1, -0.05) is 6.07 Å². The third-order valence-electron chi connectivity index (χ3n) is 4.67. The number of nitrogens with one attached hydrogen (secondary N) is 2. The van der Waals surface area contributed by atoms with Crippen LogP contribution < -0.4 is 16.2 Å². The molecule has 1 aliphatic rings. The summed E-state index contributed by atoms with van der Waals surface area (Å²) in [7, 11) is 0. The summed E-state index contributed by atoms with van der Waals surface area (Å²) in [5, 5.41) is 8.68. The molecule has 0 amide bonds. The van der Waals surface area contributed by atoms with E-state index in [0.717, 1.165) is 18.9 Å². The molecule has 0 unspecified atom stereocenters. The molecule has 4 N–H and O–H groups in total. The third kappa shape index (κ3) is 3.49. The topological polar surface area (TPSA) is 121 Å². The van der Waals surface area contributed by atoms with Gasteiger partial charge in [-0.2, -0.15) is 0 Å². The third-order valence-corrected chi connectivity index (χ3v) is 4.67. The van der Waals surface area contributed by atoms with Crippen molar-refractivity contribution in [3.63, 3.8) is 0 Å². The van der Waals surface area contributed by atoms with E-state index in [0.29, 0.717) is 41.3 Å². The minimum Gasteiger partial charge on any atom is -0.398 e. The molecule has 0 atom stereocenters. The van der Waals surface area contributed by atoms with Gasteiger partial charge in [-0.3, -0.25) is 10.2 Å². The number of H-pyrrole nitrogens is 1. The molecule has 0 saturated carbocycles. The highest BCUT2D eigenvalue weighted by Gasteiger charge is 2.16. The van der Waals surface area contributed by atoms with Gasteiger partial charge in [-0.15, -0.1) is 0 Å². The maximum Gasteiger partial charge on any atom is 0.274 e. The number of aromatic nitrogens is 3. The fourth-order valence-electron chi connectivity index (χ4n) is 3.17. The van der Waals surface area contributed by atoms with Crippen molar-refractivity contribution in [3.8, 4) is 11.3 Å². The molecule has 0 aliphatic carbocycles. The quantitative estimate of drug-likeness (QED) is 0.470. The molecule has 0 bridgehead atoms. The predicted molar refractivity (Wildman–Crippen MR) is 108 cm³/mol. The normalized spacial score (nSPS) is 14.1. The molecular formula is C20H20N6O2. The van der Waals surface area contributed by atoms with Gasteiger partial charge < -0.3 is 20.4 Å². The van der Waals surface area contributed by atoms with E-state index in [1.165, 1.54) is 12.4 Å². The van der Waals surface area contributed by atoms with E-state index in [9.17, 15) is 4.79 Å². The number of anilines is 2. The molecule has 4 rings (SSSR count). The van der Waals surface area contributed by atoms with Gasteiger partial charge in [0.1, 0.15) is 11.5 Å². The van der Waals surface area contributed by atoms with E-state index >= 15 is 0 Å². The lowest BCUT2D eigenvalue weighted by Crippen LogP contribution is -2.36. The summed E-state index contributed by atoms with van der Waals surface area (Å²) in [4.78, 5) is 25.4. The molecule has 1 saturated heterocycles. The van der Waals surface area contributed by atoms with Gasteiger partial charge in [-0.05, 0) is 24.3 Å². The molecule has 8 nitrogen and oxygen atoms in total. The summed E-state index contributed by atoms with van der Waals surface area (Å²) >= 11 is 0. The van der Waals surface area contributed by atoms with Crippen LogP contribution in [0, 0.1) is 5.41 Å². The van der Waals surface area contributed by atoms with Gasteiger partial charge in [0.25, 0.3) is 5.56 Å². The number of nitrogen functional groups attached to an aromatic ring is 1. The molecule has 1 aliphatic heterocycles. The van der Waals surface area contributed by atoms with Gasteiger partial charge in [0, 0.05) is 54.1 Å². The minimum atomic E-state index is -0.289. The Kier molecular flexibility index (Phi) is 4.86. The fraction of sp³-hybridized carbons (Fsp3) is 0.200. The van der Waals surface area contributed by atoms with Gasteiger partial charge in [0.2, 0.25) is 0 Å². The number of aromatic amines is 1. The average Bonchev–Trinajstić information content (AvgIpc) is 2.75. The zero-order chi connectivity index (χ0) is 19.5. The van der Waals surface area contributed by atoms with Crippen LogP contribution in [0.4, 0.5) is 11.5 Å². The number of rotatable bonds is 4. The number of nitrogens with two attached hydrogens (primary N) is 1. The number of hydrogen-bond acceptors (Lipinski definition) is 7. The Hall–Kier alpha value is -3.52. The first kappa shape index (κ1) is 17.9. The highest BCUT2D eigenvalue weighted by atomic mass is 16.5. The van der Waals surface area contributed by atoms with Crippen LogP contribution in [0.2, 0.25) is 0 Å². The highest BCUT2D eigenvalue weighted by Crippen LogP contribution is 2.24. The van der Waals surface area contributed by atoms with Gasteiger partial charge >= 0.3 is 0 Å². The first-order valence-corrected chi connectivity index (χ1v) is 8.95. The van der Waals surface area contributed by atoms with E-state index in [2.05, 4.69) is 19.9 Å². The zero-order valence-electron chi connectivity index (χ0n) is 15.2. The summed E-state index contributed by atoms with van der Waals surface area (Å²) in [6, 6.07) is 8.82. The first-order chi connectivity index (χ1) is 13.6. The van der Waals surface area contributed by atoms with Crippen LogP contribution >= 0.6 is 0 Å². The highest BCUT2D eigenvalue weighted by molar-refractivity contribution is 6.14. The van der Waals surface area contributed by atoms with Crippen LogP contribution in [0.3, 0.4) is 0 Å². The lowest BCUT2D eigenvalue weighted by Gasteiger charge is -2.28. The smallest absolute Gasteiger partial charge is 0.274 e. The second-order valence-corrected chi connectivity index (χ2v) is 6.45. The SMILES string of the molecule is N=C(c1ccnc(N2CCOCC2)c1)c1cc(-c2ncc[nH]c2=O)ccc1N. The van der Waals surface area contributed by atoms with Crippen LogP contribution in [0.25, 0.3) is 11.3 Å². The molecule has 28 heavy (non-hydrogen) atoms. The maximum absolute atomic E-state index is 12.0. The molecule has 3 heterocycles. The summed E-state index contributed by atoms with van der Waals surface area (Å²) in [6.07, 6.45) is 4.70. The molecular weight excluding hydrogens is 356 g/mol. The van der Waals surface area contributed by atoms with Crippen molar-refractivity contribution in [1.82, 2.24) is 15.0 Å². The van der Waals surface area contributed by atoms with E-state index in [1.807, 2.05) is 6.07 Å². The van der Waals surface area contributed by atoms with Gasteiger partial charge in [0.05, 0.1) is 18.9 Å². The van der Waals surface area contributed by atoms with E-state index in [1.54, 1.807) is 30.5 Å². The first-order valence-electron chi connectivity index (χ1n) is 8.95. The average molecular weight is 376 g/mol. The van der Waals surface area contributed by atoms with E-state index < -0.39 is 0 Å². The van der Waals surface area contributed by atoms with Crippen molar-refractivity contribution in [2.24, 2.45) is 0 Å². The van der Waals surface area contributed by atoms with Crippen LogP contribution in [-0.2, 0) is 4.74 Å². The van der Waals surface area contributed by atoms with E-state index in [4.69, 9.17) is 15.9 Å². The van der Waals surface area contributed by atoms with Crippen LogP contribution in [0.5, 0.6) is 0 Å². The lowest BCUT2D eigenvalue weighted by molar-refractivity contribution is 0.122. The van der Waals surface area contributed by atoms with Crippen LogP contribution in [-0.4, -0.2) is 47.0 Å². The molecule has 0 radical (unpaired) electrons. The van der Waals surface area contributed by atoms with Crippen LogP contribution in [0.1, 0.15) is 11.1 Å². The van der Waals surface area contributed by atoms with Crippen molar-refractivity contribution in [1.29, 1.82) is 5.41 Å². The number of benzene rings is 1. The number of hydrogen-bond donors (Lipinski definition) is 3.